The lowest BCUT2D eigenvalue weighted by Crippen LogP contribution is -2.20. The molecule has 2 atom stereocenters. The van der Waals surface area contributed by atoms with Crippen LogP contribution in [-0.2, 0) is 6.42 Å². The molecule has 0 aromatic heterocycles. The molecule has 0 heterocycles. The molecule has 1 aromatic rings. The third kappa shape index (κ3) is 3.82. The summed E-state index contributed by atoms with van der Waals surface area (Å²) in [6, 6.07) is 6.59. The number of nitro benzene ring substituents is 1. The van der Waals surface area contributed by atoms with Gasteiger partial charge in [0, 0.05) is 18.1 Å². The molecule has 0 radical (unpaired) electrons. The van der Waals surface area contributed by atoms with Crippen LogP contribution in [-0.4, -0.2) is 16.1 Å². The first-order chi connectivity index (χ1) is 8.06. The largest absolute Gasteiger partial charge is 0.393 e. The molecular formula is C13H19NO3. The van der Waals surface area contributed by atoms with Crippen LogP contribution in [0.15, 0.2) is 24.3 Å². The minimum absolute atomic E-state index is 0.0928. The van der Waals surface area contributed by atoms with Crippen LogP contribution in [0, 0.1) is 16.0 Å². The number of aliphatic hydroxyl groups excluding tert-OH is 1. The number of hydrogen-bond donors (Lipinski definition) is 1. The van der Waals surface area contributed by atoms with E-state index in [0.29, 0.717) is 12.0 Å². The average molecular weight is 237 g/mol. The van der Waals surface area contributed by atoms with Crippen molar-refractivity contribution in [1.82, 2.24) is 0 Å². The fraction of sp³-hybridized carbons (Fsp3) is 0.538. The van der Waals surface area contributed by atoms with Gasteiger partial charge in [-0.3, -0.25) is 10.1 Å². The minimum Gasteiger partial charge on any atom is -0.393 e. The second kappa shape index (κ2) is 6.35. The zero-order valence-electron chi connectivity index (χ0n) is 10.3. The fourth-order valence-electron chi connectivity index (χ4n) is 1.94. The standard InChI is InChI=1S/C13H19NO3/c1-3-6-10(2)13(15)9-11-7-4-5-8-12(11)14(16)17/h4-5,7-8,10,13,15H,3,6,9H2,1-2H3. The van der Waals surface area contributed by atoms with Crippen molar-refractivity contribution in [2.24, 2.45) is 5.92 Å². The van der Waals surface area contributed by atoms with Gasteiger partial charge in [0.1, 0.15) is 0 Å². The van der Waals surface area contributed by atoms with Gasteiger partial charge in [0.15, 0.2) is 0 Å². The summed E-state index contributed by atoms with van der Waals surface area (Å²) in [4.78, 5) is 10.4. The number of para-hydroxylation sites is 1. The van der Waals surface area contributed by atoms with Crippen LogP contribution in [0.4, 0.5) is 5.69 Å². The van der Waals surface area contributed by atoms with Gasteiger partial charge in [-0.15, -0.1) is 0 Å². The summed E-state index contributed by atoms with van der Waals surface area (Å²) in [5, 5.41) is 20.8. The highest BCUT2D eigenvalue weighted by Crippen LogP contribution is 2.22. The molecule has 0 bridgehead atoms. The maximum Gasteiger partial charge on any atom is 0.272 e. The van der Waals surface area contributed by atoms with Crippen LogP contribution in [0.5, 0.6) is 0 Å². The van der Waals surface area contributed by atoms with Crippen LogP contribution in [0.2, 0.25) is 0 Å². The van der Waals surface area contributed by atoms with Crippen molar-refractivity contribution in [2.45, 2.75) is 39.2 Å². The molecule has 0 saturated carbocycles. The van der Waals surface area contributed by atoms with E-state index in [1.54, 1.807) is 18.2 Å². The quantitative estimate of drug-likeness (QED) is 0.611. The first-order valence-electron chi connectivity index (χ1n) is 5.96. The van der Waals surface area contributed by atoms with Gasteiger partial charge in [0.2, 0.25) is 0 Å². The number of hydrogen-bond acceptors (Lipinski definition) is 3. The molecule has 4 nitrogen and oxygen atoms in total. The van der Waals surface area contributed by atoms with E-state index >= 15 is 0 Å². The van der Waals surface area contributed by atoms with Crippen molar-refractivity contribution in [1.29, 1.82) is 0 Å². The Morgan fingerprint density at radius 1 is 1.41 bits per heavy atom. The number of nitro groups is 1. The number of aliphatic hydroxyl groups is 1. The maximum atomic E-state index is 10.8. The Bertz CT molecular complexity index is 379. The van der Waals surface area contributed by atoms with Gasteiger partial charge in [0.05, 0.1) is 11.0 Å². The topological polar surface area (TPSA) is 63.4 Å². The summed E-state index contributed by atoms with van der Waals surface area (Å²) in [6.45, 7) is 4.04. The predicted octanol–water partition coefficient (Wildman–Crippen LogP) is 2.93. The lowest BCUT2D eigenvalue weighted by molar-refractivity contribution is -0.385. The molecule has 0 spiro atoms. The Labute approximate surface area is 101 Å². The van der Waals surface area contributed by atoms with Crippen molar-refractivity contribution in [3.05, 3.63) is 39.9 Å². The van der Waals surface area contributed by atoms with Crippen LogP contribution in [0.3, 0.4) is 0 Å². The second-order valence-electron chi connectivity index (χ2n) is 4.42. The van der Waals surface area contributed by atoms with Crippen LogP contribution < -0.4 is 0 Å². The Balaban J connectivity index is 2.77. The molecule has 0 fully saturated rings. The van der Waals surface area contributed by atoms with Gasteiger partial charge in [-0.1, -0.05) is 38.5 Å². The van der Waals surface area contributed by atoms with Crippen molar-refractivity contribution in [2.75, 3.05) is 0 Å². The fourth-order valence-corrected chi connectivity index (χ4v) is 1.94. The monoisotopic (exact) mass is 237 g/mol. The van der Waals surface area contributed by atoms with E-state index in [1.165, 1.54) is 6.07 Å². The molecule has 0 aliphatic carbocycles. The number of benzene rings is 1. The Morgan fingerprint density at radius 3 is 2.65 bits per heavy atom. The van der Waals surface area contributed by atoms with Crippen molar-refractivity contribution < 1.29 is 10.0 Å². The van der Waals surface area contributed by atoms with E-state index in [4.69, 9.17) is 0 Å². The van der Waals surface area contributed by atoms with E-state index in [2.05, 4.69) is 6.92 Å². The van der Waals surface area contributed by atoms with Gasteiger partial charge < -0.3 is 5.11 Å². The Morgan fingerprint density at radius 2 is 2.06 bits per heavy atom. The second-order valence-corrected chi connectivity index (χ2v) is 4.42. The van der Waals surface area contributed by atoms with Gasteiger partial charge in [-0.25, -0.2) is 0 Å². The van der Waals surface area contributed by atoms with Crippen molar-refractivity contribution >= 4 is 5.69 Å². The summed E-state index contributed by atoms with van der Waals surface area (Å²) < 4.78 is 0. The molecule has 1 aromatic carbocycles. The smallest absolute Gasteiger partial charge is 0.272 e. The van der Waals surface area contributed by atoms with Crippen LogP contribution >= 0.6 is 0 Å². The first kappa shape index (κ1) is 13.6. The van der Waals surface area contributed by atoms with E-state index in [1.807, 2.05) is 6.92 Å². The summed E-state index contributed by atoms with van der Waals surface area (Å²) in [5.74, 6) is 0.166. The van der Waals surface area contributed by atoms with Gasteiger partial charge >= 0.3 is 0 Å². The van der Waals surface area contributed by atoms with Crippen LogP contribution in [0.1, 0.15) is 32.3 Å². The van der Waals surface area contributed by atoms with Gasteiger partial charge in [-0.05, 0) is 12.3 Å². The third-order valence-corrected chi connectivity index (χ3v) is 3.02. The highest BCUT2D eigenvalue weighted by atomic mass is 16.6. The normalized spacial score (nSPS) is 14.3. The molecule has 0 saturated heterocycles. The molecular weight excluding hydrogens is 218 g/mol. The average Bonchev–Trinajstić information content (AvgIpc) is 2.29. The molecule has 2 unspecified atom stereocenters. The van der Waals surface area contributed by atoms with Gasteiger partial charge in [-0.2, -0.15) is 0 Å². The maximum absolute atomic E-state index is 10.8. The number of rotatable bonds is 6. The molecule has 0 amide bonds. The molecule has 4 heteroatoms. The van der Waals surface area contributed by atoms with Crippen molar-refractivity contribution in [3.8, 4) is 0 Å². The lowest BCUT2D eigenvalue weighted by Gasteiger charge is -2.18. The molecule has 17 heavy (non-hydrogen) atoms. The summed E-state index contributed by atoms with van der Waals surface area (Å²) in [5.41, 5.74) is 0.697. The molecule has 0 aliphatic rings. The summed E-state index contributed by atoms with van der Waals surface area (Å²) in [7, 11) is 0. The van der Waals surface area contributed by atoms with Gasteiger partial charge in [0.25, 0.3) is 5.69 Å². The van der Waals surface area contributed by atoms with Crippen molar-refractivity contribution in [3.63, 3.8) is 0 Å². The van der Waals surface area contributed by atoms with E-state index in [-0.39, 0.29) is 11.6 Å². The molecule has 94 valence electrons. The lowest BCUT2D eigenvalue weighted by atomic mass is 9.93. The summed E-state index contributed by atoms with van der Waals surface area (Å²) >= 11 is 0. The third-order valence-electron chi connectivity index (χ3n) is 3.02. The Hall–Kier alpha value is -1.42. The summed E-state index contributed by atoms with van der Waals surface area (Å²) in [6.07, 6.45) is 1.77. The highest BCUT2D eigenvalue weighted by Gasteiger charge is 2.19. The number of nitrogens with zero attached hydrogens (tertiary/aromatic N) is 1. The SMILES string of the molecule is CCCC(C)C(O)Cc1ccccc1[N+](=O)[O-]. The molecule has 1 N–H and O–H groups in total. The predicted molar refractivity (Wildman–Crippen MR) is 66.9 cm³/mol. The van der Waals surface area contributed by atoms with E-state index in [9.17, 15) is 15.2 Å². The molecule has 0 aliphatic heterocycles. The zero-order chi connectivity index (χ0) is 12.8. The van der Waals surface area contributed by atoms with Crippen LogP contribution in [0.25, 0.3) is 0 Å². The zero-order valence-corrected chi connectivity index (χ0v) is 10.3. The molecule has 1 rings (SSSR count). The van der Waals surface area contributed by atoms with E-state index in [0.717, 1.165) is 12.8 Å². The minimum atomic E-state index is -0.518. The Kier molecular flexibility index (Phi) is 5.10. The highest BCUT2D eigenvalue weighted by molar-refractivity contribution is 5.40. The first-order valence-corrected chi connectivity index (χ1v) is 5.96. The van der Waals surface area contributed by atoms with E-state index < -0.39 is 11.0 Å².